The lowest BCUT2D eigenvalue weighted by atomic mass is 9.67. The van der Waals surface area contributed by atoms with Crippen LogP contribution in [-0.4, -0.2) is 47.3 Å². The second kappa shape index (κ2) is 11.1. The highest BCUT2D eigenvalue weighted by Gasteiger charge is 2.66. The molecule has 0 heterocycles. The Morgan fingerprint density at radius 2 is 1.08 bits per heavy atom. The third-order valence-electron chi connectivity index (χ3n) is 6.53. The van der Waals surface area contributed by atoms with Crippen LogP contribution in [0.2, 0.25) is 0 Å². The summed E-state index contributed by atoms with van der Waals surface area (Å²) in [6.45, 7) is 18.3. The molecule has 0 aromatic rings. The minimum atomic E-state index is -0.853. The number of ether oxygens (including phenoxy) is 4. The average molecular weight is 511 g/mol. The standard InChI is InChI=1S/C28H46O8/c1-11-12-13-33-19(29)15-17-16-14-18(20(17)23(30)34-26(2,3)4)22(25(32)36-28(8,9)10)21(16)24(31)35-27(5,6)7/h16-18,20-22H,11-15H2,1-10H3. The Bertz CT molecular complexity index is 826. The number of hydrogen-bond acceptors (Lipinski definition) is 8. The minimum absolute atomic E-state index is 0.0187. The molecule has 0 radical (unpaired) electrons. The van der Waals surface area contributed by atoms with E-state index in [0.29, 0.717) is 13.0 Å². The zero-order valence-corrected chi connectivity index (χ0v) is 23.8. The molecule has 6 atom stereocenters. The summed E-state index contributed by atoms with van der Waals surface area (Å²) in [5.41, 5.74) is -2.26. The maximum absolute atomic E-state index is 13.4. The second-order valence-corrected chi connectivity index (χ2v) is 13.2. The number of carbonyl (C=O) groups is 4. The first-order valence-electron chi connectivity index (χ1n) is 13.2. The van der Waals surface area contributed by atoms with Gasteiger partial charge in [-0.3, -0.25) is 19.2 Å². The van der Waals surface area contributed by atoms with Crippen molar-refractivity contribution in [2.75, 3.05) is 6.61 Å². The van der Waals surface area contributed by atoms with Crippen LogP contribution in [0, 0.1) is 35.5 Å². The lowest BCUT2D eigenvalue weighted by Gasteiger charge is -2.40. The predicted molar refractivity (Wildman–Crippen MR) is 134 cm³/mol. The van der Waals surface area contributed by atoms with Gasteiger partial charge in [0.05, 0.1) is 24.4 Å². The third-order valence-corrected chi connectivity index (χ3v) is 6.53. The molecule has 206 valence electrons. The van der Waals surface area contributed by atoms with Crippen molar-refractivity contribution in [2.24, 2.45) is 35.5 Å². The van der Waals surface area contributed by atoms with Gasteiger partial charge in [-0.15, -0.1) is 0 Å². The van der Waals surface area contributed by atoms with Crippen molar-refractivity contribution in [1.82, 2.24) is 0 Å². The van der Waals surface area contributed by atoms with Crippen molar-refractivity contribution in [3.8, 4) is 0 Å². The molecule has 0 aliphatic heterocycles. The number of esters is 4. The molecule has 0 N–H and O–H groups in total. The first-order valence-corrected chi connectivity index (χ1v) is 13.2. The van der Waals surface area contributed by atoms with E-state index in [4.69, 9.17) is 18.9 Å². The van der Waals surface area contributed by atoms with Gasteiger partial charge in [-0.2, -0.15) is 0 Å². The number of fused-ring (bicyclic) bond motifs is 2. The van der Waals surface area contributed by atoms with Crippen LogP contribution in [0.25, 0.3) is 0 Å². The van der Waals surface area contributed by atoms with Crippen LogP contribution in [0.1, 0.15) is 94.9 Å². The Balaban J connectivity index is 2.46. The predicted octanol–water partition coefficient (Wildman–Crippen LogP) is 4.86. The van der Waals surface area contributed by atoms with E-state index in [9.17, 15) is 19.2 Å². The topological polar surface area (TPSA) is 105 Å². The second-order valence-electron chi connectivity index (χ2n) is 13.2. The molecule has 8 nitrogen and oxygen atoms in total. The van der Waals surface area contributed by atoms with Crippen LogP contribution in [0.4, 0.5) is 0 Å². The maximum atomic E-state index is 13.4. The molecule has 2 aliphatic carbocycles. The Kier molecular flexibility index (Phi) is 9.28. The van der Waals surface area contributed by atoms with E-state index in [2.05, 4.69) is 0 Å². The van der Waals surface area contributed by atoms with E-state index in [1.807, 2.05) is 6.92 Å². The van der Waals surface area contributed by atoms with Crippen LogP contribution in [-0.2, 0) is 38.1 Å². The quantitative estimate of drug-likeness (QED) is 0.259. The van der Waals surface area contributed by atoms with Gasteiger partial charge in [-0.05, 0) is 92.9 Å². The van der Waals surface area contributed by atoms with Crippen molar-refractivity contribution < 1.29 is 38.1 Å². The molecule has 2 rings (SSSR count). The van der Waals surface area contributed by atoms with Crippen molar-refractivity contribution in [1.29, 1.82) is 0 Å². The molecule has 2 aliphatic rings. The van der Waals surface area contributed by atoms with Gasteiger partial charge in [0.1, 0.15) is 16.8 Å². The van der Waals surface area contributed by atoms with Crippen LogP contribution in [0.5, 0.6) is 0 Å². The molecule has 0 aromatic carbocycles. The minimum Gasteiger partial charge on any atom is -0.466 e. The van der Waals surface area contributed by atoms with Gasteiger partial charge in [0.15, 0.2) is 0 Å². The highest BCUT2D eigenvalue weighted by Crippen LogP contribution is 2.60. The van der Waals surface area contributed by atoms with Gasteiger partial charge in [-0.25, -0.2) is 0 Å². The summed E-state index contributed by atoms with van der Waals surface area (Å²) >= 11 is 0. The molecule has 0 aromatic heterocycles. The zero-order valence-electron chi connectivity index (χ0n) is 23.8. The Morgan fingerprint density at radius 1 is 0.667 bits per heavy atom. The van der Waals surface area contributed by atoms with Gasteiger partial charge < -0.3 is 18.9 Å². The van der Waals surface area contributed by atoms with E-state index in [0.717, 1.165) is 12.8 Å². The summed E-state index contributed by atoms with van der Waals surface area (Å²) in [5, 5.41) is 0. The highest BCUT2D eigenvalue weighted by molar-refractivity contribution is 5.87. The van der Waals surface area contributed by atoms with Crippen molar-refractivity contribution in [2.45, 2.75) is 112 Å². The first kappa shape index (κ1) is 30.1. The molecular weight excluding hydrogens is 464 g/mol. The molecule has 0 saturated heterocycles. The summed E-state index contributed by atoms with van der Waals surface area (Å²) < 4.78 is 22.5. The molecule has 0 spiro atoms. The number of carbonyl (C=O) groups excluding carboxylic acids is 4. The first-order chi connectivity index (χ1) is 16.3. The summed E-state index contributed by atoms with van der Waals surface area (Å²) in [5.74, 6) is -5.67. The van der Waals surface area contributed by atoms with Gasteiger partial charge in [0, 0.05) is 6.42 Å². The van der Waals surface area contributed by atoms with Gasteiger partial charge in [0.25, 0.3) is 0 Å². The summed E-state index contributed by atoms with van der Waals surface area (Å²) in [6.07, 6.45) is 2.05. The molecule has 6 unspecified atom stereocenters. The van der Waals surface area contributed by atoms with Crippen LogP contribution in [0.3, 0.4) is 0 Å². The lowest BCUT2D eigenvalue weighted by molar-refractivity contribution is -0.183. The molecule has 2 saturated carbocycles. The Hall–Kier alpha value is -2.12. The van der Waals surface area contributed by atoms with Crippen LogP contribution >= 0.6 is 0 Å². The normalized spacial score (nSPS) is 27.9. The molecule has 2 bridgehead atoms. The highest BCUT2D eigenvalue weighted by atomic mass is 16.6. The largest absolute Gasteiger partial charge is 0.466 e. The monoisotopic (exact) mass is 510 g/mol. The van der Waals surface area contributed by atoms with E-state index in [-0.39, 0.29) is 6.42 Å². The molecule has 0 amide bonds. The number of unbranched alkanes of at least 4 members (excludes halogenated alkanes) is 1. The SMILES string of the molecule is CCCCOC(=O)CC1C2CC(C1C(=O)OC(C)(C)C)C(C(=O)OC(C)(C)C)C2C(=O)OC(C)(C)C. The fraction of sp³-hybridized carbons (Fsp3) is 0.857. The maximum Gasteiger partial charge on any atom is 0.310 e. The van der Waals surface area contributed by atoms with E-state index in [1.54, 1.807) is 62.3 Å². The number of rotatable bonds is 8. The third kappa shape index (κ3) is 7.94. The van der Waals surface area contributed by atoms with E-state index in [1.165, 1.54) is 0 Å². The van der Waals surface area contributed by atoms with Gasteiger partial charge >= 0.3 is 23.9 Å². The van der Waals surface area contributed by atoms with Crippen LogP contribution in [0.15, 0.2) is 0 Å². The summed E-state index contributed by atoms with van der Waals surface area (Å²) in [6, 6.07) is 0. The van der Waals surface area contributed by atoms with E-state index < -0.39 is 76.2 Å². The Morgan fingerprint density at radius 3 is 1.50 bits per heavy atom. The molecule has 36 heavy (non-hydrogen) atoms. The van der Waals surface area contributed by atoms with E-state index >= 15 is 0 Å². The lowest BCUT2D eigenvalue weighted by Crippen LogP contribution is -2.49. The van der Waals surface area contributed by atoms with Crippen molar-refractivity contribution >= 4 is 23.9 Å². The van der Waals surface area contributed by atoms with Crippen LogP contribution < -0.4 is 0 Å². The zero-order chi connectivity index (χ0) is 27.6. The summed E-state index contributed by atoms with van der Waals surface area (Å²) in [7, 11) is 0. The molecular formula is C28H46O8. The van der Waals surface area contributed by atoms with Gasteiger partial charge in [-0.1, -0.05) is 13.3 Å². The fourth-order valence-electron chi connectivity index (χ4n) is 5.50. The fourth-order valence-corrected chi connectivity index (χ4v) is 5.50. The molecule has 2 fully saturated rings. The summed E-state index contributed by atoms with van der Waals surface area (Å²) in [4.78, 5) is 53.0. The van der Waals surface area contributed by atoms with Gasteiger partial charge in [0.2, 0.25) is 0 Å². The Labute approximate surface area is 216 Å². The average Bonchev–Trinajstić information content (AvgIpc) is 3.20. The van der Waals surface area contributed by atoms with Crippen molar-refractivity contribution in [3.63, 3.8) is 0 Å². The van der Waals surface area contributed by atoms with Crippen molar-refractivity contribution in [3.05, 3.63) is 0 Å². The smallest absolute Gasteiger partial charge is 0.310 e. The molecule has 8 heteroatoms. The number of hydrogen-bond donors (Lipinski definition) is 0.